The van der Waals surface area contributed by atoms with Crippen LogP contribution in [0.1, 0.15) is 33.6 Å². The monoisotopic (exact) mass is 215 g/mol. The highest BCUT2D eigenvalue weighted by molar-refractivity contribution is 5.70. The number of nitrogens with zero attached hydrogens (tertiary/aromatic N) is 1. The van der Waals surface area contributed by atoms with Crippen molar-refractivity contribution in [3.63, 3.8) is 0 Å². The van der Waals surface area contributed by atoms with Crippen LogP contribution in [0.2, 0.25) is 0 Å². The summed E-state index contributed by atoms with van der Waals surface area (Å²) >= 11 is 0. The Kier molecular flexibility index (Phi) is 3.73. The van der Waals surface area contributed by atoms with Crippen LogP contribution in [0.5, 0.6) is 0 Å². The van der Waals surface area contributed by atoms with E-state index >= 15 is 0 Å². The number of hydrogen-bond acceptors (Lipinski definition) is 3. The highest BCUT2D eigenvalue weighted by atomic mass is 16.4. The third-order valence-electron chi connectivity index (χ3n) is 2.95. The molecule has 88 valence electrons. The first-order valence-corrected chi connectivity index (χ1v) is 5.49. The molecule has 4 heteroatoms. The molecule has 0 spiro atoms. The van der Waals surface area contributed by atoms with Crippen molar-refractivity contribution in [2.75, 3.05) is 13.1 Å². The highest BCUT2D eigenvalue weighted by Crippen LogP contribution is 2.24. The fourth-order valence-corrected chi connectivity index (χ4v) is 2.18. The van der Waals surface area contributed by atoms with Crippen molar-refractivity contribution in [1.29, 1.82) is 0 Å². The molecule has 0 bridgehead atoms. The van der Waals surface area contributed by atoms with Crippen LogP contribution < -0.4 is 0 Å². The van der Waals surface area contributed by atoms with Gasteiger partial charge in [-0.2, -0.15) is 0 Å². The lowest BCUT2D eigenvalue weighted by Crippen LogP contribution is -2.48. The van der Waals surface area contributed by atoms with E-state index in [9.17, 15) is 9.90 Å². The van der Waals surface area contributed by atoms with Gasteiger partial charge in [-0.05, 0) is 40.2 Å². The number of aliphatic carboxylic acids is 1. The van der Waals surface area contributed by atoms with Crippen molar-refractivity contribution in [2.24, 2.45) is 5.92 Å². The molecule has 15 heavy (non-hydrogen) atoms. The topological polar surface area (TPSA) is 60.8 Å². The molecule has 1 rings (SSSR count). The predicted octanol–water partition coefficient (Wildman–Crippen LogP) is 0.942. The Labute approximate surface area is 90.9 Å². The molecule has 1 saturated heterocycles. The van der Waals surface area contributed by atoms with Crippen LogP contribution in [0.4, 0.5) is 0 Å². The summed E-state index contributed by atoms with van der Waals surface area (Å²) in [7, 11) is 0. The summed E-state index contributed by atoms with van der Waals surface area (Å²) in [6, 6.07) is 0.242. The van der Waals surface area contributed by atoms with Gasteiger partial charge in [-0.1, -0.05) is 0 Å². The highest BCUT2D eigenvalue weighted by Gasteiger charge is 2.31. The Morgan fingerprint density at radius 3 is 2.53 bits per heavy atom. The maximum absolute atomic E-state index is 10.8. The second kappa shape index (κ2) is 4.49. The molecule has 2 unspecified atom stereocenters. The van der Waals surface area contributed by atoms with E-state index in [1.165, 1.54) is 0 Å². The number of β-amino-alcohol motifs (C(OH)–C–C–N with tert-alkyl or cyclic N) is 1. The van der Waals surface area contributed by atoms with Gasteiger partial charge in [-0.25, -0.2) is 0 Å². The van der Waals surface area contributed by atoms with Crippen LogP contribution in [0.25, 0.3) is 0 Å². The van der Waals surface area contributed by atoms with E-state index in [0.717, 1.165) is 6.54 Å². The molecule has 1 fully saturated rings. The summed E-state index contributed by atoms with van der Waals surface area (Å²) < 4.78 is 0. The van der Waals surface area contributed by atoms with Gasteiger partial charge in [-0.3, -0.25) is 9.69 Å². The zero-order valence-electron chi connectivity index (χ0n) is 9.73. The minimum absolute atomic E-state index is 0.210. The van der Waals surface area contributed by atoms with Crippen LogP contribution in [0.3, 0.4) is 0 Å². The van der Waals surface area contributed by atoms with Crippen LogP contribution >= 0.6 is 0 Å². The molecule has 0 aromatic rings. The van der Waals surface area contributed by atoms with Crippen molar-refractivity contribution in [3.8, 4) is 0 Å². The van der Waals surface area contributed by atoms with Crippen molar-refractivity contribution < 1.29 is 15.0 Å². The van der Waals surface area contributed by atoms with Gasteiger partial charge in [0.1, 0.15) is 0 Å². The van der Waals surface area contributed by atoms with Gasteiger partial charge in [0, 0.05) is 12.6 Å². The summed E-state index contributed by atoms with van der Waals surface area (Å²) in [6.45, 7) is 6.97. The van der Waals surface area contributed by atoms with Gasteiger partial charge < -0.3 is 10.2 Å². The fourth-order valence-electron chi connectivity index (χ4n) is 2.18. The van der Waals surface area contributed by atoms with E-state index in [0.29, 0.717) is 19.4 Å². The first-order chi connectivity index (χ1) is 6.79. The minimum atomic E-state index is -0.704. The van der Waals surface area contributed by atoms with Crippen molar-refractivity contribution >= 4 is 5.97 Å². The summed E-state index contributed by atoms with van der Waals surface area (Å²) in [5.41, 5.74) is -0.704. The lowest BCUT2D eigenvalue weighted by molar-refractivity contribution is -0.144. The Bertz CT molecular complexity index is 234. The SMILES string of the molecule is CC1CC(C(=O)O)CCN1CC(C)(C)O. The maximum atomic E-state index is 10.8. The van der Waals surface area contributed by atoms with E-state index < -0.39 is 11.6 Å². The Morgan fingerprint density at radius 2 is 2.13 bits per heavy atom. The minimum Gasteiger partial charge on any atom is -0.481 e. The van der Waals surface area contributed by atoms with Crippen molar-refractivity contribution in [1.82, 2.24) is 4.90 Å². The summed E-state index contributed by atoms with van der Waals surface area (Å²) in [5.74, 6) is -0.900. The molecule has 0 saturated carbocycles. The second-order valence-corrected chi connectivity index (χ2v) is 5.19. The number of piperidine rings is 1. The van der Waals surface area contributed by atoms with E-state index in [1.54, 1.807) is 13.8 Å². The number of carbonyl (C=O) groups is 1. The number of likely N-dealkylation sites (tertiary alicyclic amines) is 1. The normalized spacial score (nSPS) is 29.1. The van der Waals surface area contributed by atoms with Gasteiger partial charge in [0.2, 0.25) is 0 Å². The van der Waals surface area contributed by atoms with Gasteiger partial charge in [0.05, 0.1) is 11.5 Å². The standard InChI is InChI=1S/C11H21NO3/c1-8-6-9(10(13)14)4-5-12(8)7-11(2,3)15/h8-9,15H,4-7H2,1-3H3,(H,13,14). The predicted molar refractivity (Wildman–Crippen MR) is 57.7 cm³/mol. The molecule has 2 atom stereocenters. The second-order valence-electron chi connectivity index (χ2n) is 5.19. The zero-order valence-corrected chi connectivity index (χ0v) is 9.73. The fraction of sp³-hybridized carbons (Fsp3) is 0.909. The maximum Gasteiger partial charge on any atom is 0.306 e. The third kappa shape index (κ3) is 3.80. The third-order valence-corrected chi connectivity index (χ3v) is 2.95. The van der Waals surface area contributed by atoms with E-state index in [-0.39, 0.29) is 12.0 Å². The summed E-state index contributed by atoms with van der Waals surface area (Å²) in [4.78, 5) is 13.0. The van der Waals surface area contributed by atoms with Crippen LogP contribution in [-0.2, 0) is 4.79 Å². The Balaban J connectivity index is 2.49. The van der Waals surface area contributed by atoms with Crippen molar-refractivity contribution in [2.45, 2.75) is 45.3 Å². The number of rotatable bonds is 3. The molecule has 1 heterocycles. The Hall–Kier alpha value is -0.610. The number of hydrogen-bond donors (Lipinski definition) is 2. The smallest absolute Gasteiger partial charge is 0.306 e. The molecule has 0 aromatic carbocycles. The Morgan fingerprint density at radius 1 is 1.53 bits per heavy atom. The largest absolute Gasteiger partial charge is 0.481 e. The first-order valence-electron chi connectivity index (χ1n) is 5.49. The molecule has 0 amide bonds. The number of carboxylic acid groups (broad SMARTS) is 1. The lowest BCUT2D eigenvalue weighted by Gasteiger charge is -2.39. The molecule has 1 aliphatic heterocycles. The molecular weight excluding hydrogens is 194 g/mol. The summed E-state index contributed by atoms with van der Waals surface area (Å²) in [5, 5.41) is 18.6. The van der Waals surface area contributed by atoms with Crippen LogP contribution in [-0.4, -0.2) is 45.8 Å². The molecule has 2 N–H and O–H groups in total. The molecule has 0 aliphatic carbocycles. The molecule has 1 aliphatic rings. The van der Waals surface area contributed by atoms with Gasteiger partial charge >= 0.3 is 5.97 Å². The lowest BCUT2D eigenvalue weighted by atomic mass is 9.91. The molecular formula is C11H21NO3. The number of carboxylic acids is 1. The van der Waals surface area contributed by atoms with E-state index in [1.807, 2.05) is 6.92 Å². The van der Waals surface area contributed by atoms with E-state index in [2.05, 4.69) is 4.90 Å². The first kappa shape index (κ1) is 12.5. The zero-order chi connectivity index (χ0) is 11.6. The number of aliphatic hydroxyl groups is 1. The van der Waals surface area contributed by atoms with Crippen LogP contribution in [0.15, 0.2) is 0 Å². The average molecular weight is 215 g/mol. The van der Waals surface area contributed by atoms with Crippen molar-refractivity contribution in [3.05, 3.63) is 0 Å². The van der Waals surface area contributed by atoms with Gasteiger partial charge in [0.25, 0.3) is 0 Å². The van der Waals surface area contributed by atoms with Gasteiger partial charge in [-0.15, -0.1) is 0 Å². The average Bonchev–Trinajstić information content (AvgIpc) is 2.05. The quantitative estimate of drug-likeness (QED) is 0.735. The molecule has 0 radical (unpaired) electrons. The van der Waals surface area contributed by atoms with Gasteiger partial charge in [0.15, 0.2) is 0 Å². The molecule has 0 aromatic heterocycles. The van der Waals surface area contributed by atoms with Crippen LogP contribution in [0, 0.1) is 5.92 Å². The summed E-state index contributed by atoms with van der Waals surface area (Å²) in [6.07, 6.45) is 1.38. The molecule has 4 nitrogen and oxygen atoms in total. The van der Waals surface area contributed by atoms with E-state index in [4.69, 9.17) is 5.11 Å².